The number of ether oxygens (including phenoxy) is 1. The Morgan fingerprint density at radius 3 is 2.33 bits per heavy atom. The molecular weight excluding hydrogens is 545 g/mol. The zero-order valence-corrected chi connectivity index (χ0v) is 23.9. The van der Waals surface area contributed by atoms with Gasteiger partial charge in [-0.2, -0.15) is 18.3 Å². The van der Waals surface area contributed by atoms with Crippen molar-refractivity contribution in [3.63, 3.8) is 0 Å². The number of halogens is 4. The van der Waals surface area contributed by atoms with Gasteiger partial charge in [-0.25, -0.2) is 14.8 Å². The molecule has 4 atom stereocenters. The third-order valence-corrected chi connectivity index (χ3v) is 7.66. The maximum atomic E-state index is 13.6. The molecule has 0 spiro atoms. The van der Waals surface area contributed by atoms with Gasteiger partial charge in [-0.3, -0.25) is 0 Å². The molecule has 1 saturated heterocycles. The van der Waals surface area contributed by atoms with Crippen molar-refractivity contribution in [3.8, 4) is 0 Å². The lowest BCUT2D eigenvalue weighted by molar-refractivity contribution is -0.137. The van der Waals surface area contributed by atoms with Crippen LogP contribution >= 0.6 is 11.6 Å². The Morgan fingerprint density at radius 1 is 1.15 bits per heavy atom. The molecule has 40 heavy (non-hydrogen) atoms. The second-order valence-electron chi connectivity index (χ2n) is 10.6. The Morgan fingerprint density at radius 2 is 1.80 bits per heavy atom. The molecule has 0 aliphatic carbocycles. The van der Waals surface area contributed by atoms with Crippen LogP contribution in [0.15, 0.2) is 35.7 Å². The number of aromatic nitrogens is 2. The minimum Gasteiger partial charge on any atom is -0.447 e. The van der Waals surface area contributed by atoms with Gasteiger partial charge in [-0.05, 0) is 68.9 Å². The molecule has 0 radical (unpaired) electrons. The van der Waals surface area contributed by atoms with Crippen molar-refractivity contribution < 1.29 is 22.7 Å². The Labute approximate surface area is 237 Å². The molecular formula is C28H36ClF3N6O2. The standard InChI is InChI=1S/C28H36ClF3N6O2/c1-5-23-10-25(11-24(6-2)38(23)27(39)40-17(3)4)37(16-18-7-21(28(30,31)32)9-22(29)8-18)26-33-12-19(13-34-26)20-14-35-36-15-20/h7-9,12-14,17,20,23-25,36H,5-6,10-11,15-16H2,1-4H3/t20?,23-,24+,25?. The molecule has 4 rings (SSSR count). The van der Waals surface area contributed by atoms with Crippen molar-refractivity contribution in [3.05, 3.63) is 52.3 Å². The molecule has 1 fully saturated rings. The summed E-state index contributed by atoms with van der Waals surface area (Å²) < 4.78 is 46.4. The van der Waals surface area contributed by atoms with Gasteiger partial charge in [-0.15, -0.1) is 0 Å². The number of likely N-dealkylation sites (tertiary alicyclic amines) is 1. The van der Waals surface area contributed by atoms with Crippen molar-refractivity contribution in [2.24, 2.45) is 5.10 Å². The predicted molar refractivity (Wildman–Crippen MR) is 149 cm³/mol. The Balaban J connectivity index is 1.69. The lowest BCUT2D eigenvalue weighted by Gasteiger charge is -2.47. The zero-order valence-electron chi connectivity index (χ0n) is 23.2. The minimum absolute atomic E-state index is 0.0122. The van der Waals surface area contributed by atoms with Gasteiger partial charge in [0.25, 0.3) is 0 Å². The van der Waals surface area contributed by atoms with Crippen LogP contribution in [0.25, 0.3) is 0 Å². The maximum absolute atomic E-state index is 13.6. The predicted octanol–water partition coefficient (Wildman–Crippen LogP) is 6.39. The molecule has 2 aromatic rings. The Kier molecular flexibility index (Phi) is 9.43. The van der Waals surface area contributed by atoms with Crippen LogP contribution in [0, 0.1) is 0 Å². The first-order valence-corrected chi connectivity index (χ1v) is 14.1. The van der Waals surface area contributed by atoms with Gasteiger partial charge in [-0.1, -0.05) is 25.4 Å². The number of hydrazone groups is 1. The van der Waals surface area contributed by atoms with E-state index >= 15 is 0 Å². The van der Waals surface area contributed by atoms with E-state index in [-0.39, 0.29) is 47.8 Å². The molecule has 1 N–H and O–H groups in total. The average Bonchev–Trinajstić information content (AvgIpc) is 3.45. The molecule has 0 bridgehead atoms. The summed E-state index contributed by atoms with van der Waals surface area (Å²) in [4.78, 5) is 26.1. The van der Waals surface area contributed by atoms with E-state index in [9.17, 15) is 18.0 Å². The molecule has 0 saturated carbocycles. The van der Waals surface area contributed by atoms with E-state index in [1.54, 1.807) is 24.7 Å². The van der Waals surface area contributed by atoms with E-state index < -0.39 is 11.7 Å². The van der Waals surface area contributed by atoms with E-state index in [1.165, 1.54) is 0 Å². The lowest BCUT2D eigenvalue weighted by atomic mass is 9.87. The van der Waals surface area contributed by atoms with Gasteiger partial charge in [0.1, 0.15) is 0 Å². The third-order valence-electron chi connectivity index (χ3n) is 7.44. The number of hydrogen-bond acceptors (Lipinski definition) is 7. The number of rotatable bonds is 8. The number of carbonyl (C=O) groups is 1. The quantitative estimate of drug-likeness (QED) is 0.389. The van der Waals surface area contributed by atoms with Crippen LogP contribution in [-0.2, 0) is 17.5 Å². The number of anilines is 1. The number of benzene rings is 1. The first-order valence-electron chi connectivity index (χ1n) is 13.7. The fraction of sp³-hybridized carbons (Fsp3) is 0.571. The van der Waals surface area contributed by atoms with Gasteiger partial charge in [0.15, 0.2) is 0 Å². The van der Waals surface area contributed by atoms with Gasteiger partial charge < -0.3 is 20.0 Å². The van der Waals surface area contributed by atoms with Crippen LogP contribution in [-0.4, -0.2) is 57.9 Å². The van der Waals surface area contributed by atoms with E-state index in [0.29, 0.717) is 43.7 Å². The van der Waals surface area contributed by atoms with E-state index in [2.05, 4.69) is 20.5 Å². The van der Waals surface area contributed by atoms with Crippen LogP contribution in [0.3, 0.4) is 0 Å². The SMILES string of the molecule is CC[C@@H]1CC(N(Cc2cc(Cl)cc(C(F)(F)F)c2)c2ncc(C3C=NNC3)cn2)C[C@H](CC)N1C(=O)OC(C)C. The average molecular weight is 581 g/mol. The van der Waals surface area contributed by atoms with Crippen LogP contribution in [0.5, 0.6) is 0 Å². The van der Waals surface area contributed by atoms with Crippen LogP contribution < -0.4 is 10.3 Å². The molecule has 2 aliphatic heterocycles. The van der Waals surface area contributed by atoms with E-state index in [4.69, 9.17) is 16.3 Å². The minimum atomic E-state index is -4.53. The number of hydrogen-bond donors (Lipinski definition) is 1. The highest BCUT2D eigenvalue weighted by atomic mass is 35.5. The van der Waals surface area contributed by atoms with Crippen molar-refractivity contribution in [1.29, 1.82) is 0 Å². The highest BCUT2D eigenvalue weighted by Gasteiger charge is 2.41. The number of amides is 1. The zero-order chi connectivity index (χ0) is 29.0. The van der Waals surface area contributed by atoms with Crippen molar-refractivity contribution in [1.82, 2.24) is 20.3 Å². The smallest absolute Gasteiger partial charge is 0.416 e. The summed E-state index contributed by atoms with van der Waals surface area (Å²) in [6, 6.07) is 3.24. The molecule has 218 valence electrons. The van der Waals surface area contributed by atoms with Crippen molar-refractivity contribution >= 4 is 29.9 Å². The van der Waals surface area contributed by atoms with Gasteiger partial charge in [0.2, 0.25) is 5.95 Å². The van der Waals surface area contributed by atoms with E-state index in [0.717, 1.165) is 17.7 Å². The molecule has 3 heterocycles. The van der Waals surface area contributed by atoms with Crippen molar-refractivity contribution in [2.45, 2.75) is 96.2 Å². The summed E-state index contributed by atoms with van der Waals surface area (Å²) in [6.45, 7) is 8.47. The van der Waals surface area contributed by atoms with Gasteiger partial charge in [0, 0.05) is 60.8 Å². The topological polar surface area (TPSA) is 83.0 Å². The maximum Gasteiger partial charge on any atom is 0.416 e. The van der Waals surface area contributed by atoms with Gasteiger partial charge >= 0.3 is 12.3 Å². The lowest BCUT2D eigenvalue weighted by Crippen LogP contribution is -2.57. The van der Waals surface area contributed by atoms with Crippen molar-refractivity contribution in [2.75, 3.05) is 11.4 Å². The first kappa shape index (κ1) is 29.9. The van der Waals surface area contributed by atoms with Crippen LogP contribution in [0.1, 0.15) is 76.0 Å². The summed E-state index contributed by atoms with van der Waals surface area (Å²) in [6.07, 6.45) is 2.77. The first-order chi connectivity index (χ1) is 19.0. The summed E-state index contributed by atoms with van der Waals surface area (Å²) in [7, 11) is 0. The Hall–Kier alpha value is -3.08. The normalized spacial score (nSPS) is 22.9. The summed E-state index contributed by atoms with van der Waals surface area (Å²) in [5.41, 5.74) is 3.41. The second kappa shape index (κ2) is 12.6. The second-order valence-corrected chi connectivity index (χ2v) is 11.1. The summed E-state index contributed by atoms with van der Waals surface area (Å²) >= 11 is 6.13. The fourth-order valence-corrected chi connectivity index (χ4v) is 5.74. The van der Waals surface area contributed by atoms with E-state index in [1.807, 2.05) is 37.5 Å². The Bertz CT molecular complexity index is 1180. The third kappa shape index (κ3) is 6.97. The number of alkyl halides is 3. The highest BCUT2D eigenvalue weighted by molar-refractivity contribution is 6.30. The summed E-state index contributed by atoms with van der Waals surface area (Å²) in [5.74, 6) is 0.460. The largest absolute Gasteiger partial charge is 0.447 e. The van der Waals surface area contributed by atoms with Crippen LogP contribution in [0.4, 0.5) is 23.9 Å². The monoisotopic (exact) mass is 580 g/mol. The highest BCUT2D eigenvalue weighted by Crippen LogP contribution is 2.36. The summed E-state index contributed by atoms with van der Waals surface area (Å²) in [5, 5.41) is 4.06. The number of nitrogens with one attached hydrogen (secondary N) is 1. The molecule has 2 aliphatic rings. The fourth-order valence-electron chi connectivity index (χ4n) is 5.48. The number of carbonyl (C=O) groups excluding carboxylic acids is 1. The molecule has 12 heteroatoms. The van der Waals surface area contributed by atoms with Gasteiger partial charge in [0.05, 0.1) is 11.7 Å². The molecule has 8 nitrogen and oxygen atoms in total. The van der Waals surface area contributed by atoms with Crippen LogP contribution in [0.2, 0.25) is 5.02 Å². The molecule has 2 unspecified atom stereocenters. The number of piperidine rings is 1. The molecule has 1 amide bonds. The molecule has 1 aromatic carbocycles. The molecule has 1 aromatic heterocycles. The number of nitrogens with zero attached hydrogens (tertiary/aromatic N) is 5.